The Labute approximate surface area is 192 Å². The smallest absolute Gasteiger partial charge is 0.229 e. The normalized spacial score (nSPS) is 27.1. The fraction of sp³-hybridized carbons (Fsp3) is 0.565. The number of rotatable bonds is 7. The van der Waals surface area contributed by atoms with Gasteiger partial charge in [0, 0.05) is 23.6 Å². The Balaban J connectivity index is 1.81. The van der Waals surface area contributed by atoms with Gasteiger partial charge in [0.05, 0.1) is 33.4 Å². The SMILES string of the molecule is CCCSC1NC(=O)C2C(NC3=C(C(=O)CCC3)C2c2cc(OC)c(OC)c(OC)c2)N1. The highest BCUT2D eigenvalue weighted by Gasteiger charge is 2.49. The van der Waals surface area contributed by atoms with Gasteiger partial charge in [-0.05, 0) is 42.7 Å². The van der Waals surface area contributed by atoms with Crippen LogP contribution in [-0.2, 0) is 9.59 Å². The second-order valence-electron chi connectivity index (χ2n) is 8.18. The molecule has 0 saturated carbocycles. The van der Waals surface area contributed by atoms with Gasteiger partial charge in [0.1, 0.15) is 5.50 Å². The summed E-state index contributed by atoms with van der Waals surface area (Å²) >= 11 is 1.68. The standard InChI is InChI=1S/C23H31N3O5S/c1-5-9-32-23-25-21-19(22(28)26-23)17(18-13(24-21)7-6-8-14(18)27)12-10-15(29-2)20(31-4)16(11-12)30-3/h10-11,17,19,21,23-25H,5-9H2,1-4H3,(H,26,28). The van der Waals surface area contributed by atoms with Crippen LogP contribution in [0.25, 0.3) is 0 Å². The van der Waals surface area contributed by atoms with Crippen molar-refractivity contribution in [3.8, 4) is 17.2 Å². The van der Waals surface area contributed by atoms with Crippen LogP contribution >= 0.6 is 11.8 Å². The average Bonchev–Trinajstić information content (AvgIpc) is 2.80. The van der Waals surface area contributed by atoms with Crippen molar-refractivity contribution < 1.29 is 23.8 Å². The molecule has 9 heteroatoms. The van der Waals surface area contributed by atoms with Crippen molar-refractivity contribution in [2.45, 2.75) is 50.2 Å². The number of thioether (sulfide) groups is 1. The fourth-order valence-corrected chi connectivity index (χ4v) is 5.80. The molecule has 1 amide bonds. The van der Waals surface area contributed by atoms with Crippen molar-refractivity contribution in [3.63, 3.8) is 0 Å². The maximum absolute atomic E-state index is 13.4. The second kappa shape index (κ2) is 9.62. The number of ether oxygens (including phenoxy) is 3. The van der Waals surface area contributed by atoms with Gasteiger partial charge in [0.25, 0.3) is 0 Å². The van der Waals surface area contributed by atoms with E-state index in [9.17, 15) is 9.59 Å². The molecule has 4 unspecified atom stereocenters. The van der Waals surface area contributed by atoms with Gasteiger partial charge in [-0.3, -0.25) is 14.9 Å². The summed E-state index contributed by atoms with van der Waals surface area (Å²) in [5.74, 6) is 1.55. The number of carbonyl (C=O) groups is 2. The van der Waals surface area contributed by atoms with Crippen LogP contribution in [0, 0.1) is 5.92 Å². The van der Waals surface area contributed by atoms with E-state index in [1.165, 1.54) is 0 Å². The van der Waals surface area contributed by atoms with E-state index < -0.39 is 11.8 Å². The zero-order valence-electron chi connectivity index (χ0n) is 18.9. The van der Waals surface area contributed by atoms with Gasteiger partial charge in [-0.1, -0.05) is 6.92 Å². The van der Waals surface area contributed by atoms with Crippen molar-refractivity contribution in [3.05, 3.63) is 29.0 Å². The number of nitrogens with one attached hydrogen (secondary N) is 3. The molecule has 3 aliphatic rings. The molecule has 2 heterocycles. The summed E-state index contributed by atoms with van der Waals surface area (Å²) in [6, 6.07) is 3.71. The molecule has 8 nitrogen and oxygen atoms in total. The molecule has 1 aliphatic carbocycles. The van der Waals surface area contributed by atoms with E-state index in [1.54, 1.807) is 33.1 Å². The van der Waals surface area contributed by atoms with Gasteiger partial charge >= 0.3 is 0 Å². The molecular weight excluding hydrogens is 430 g/mol. The highest BCUT2D eigenvalue weighted by molar-refractivity contribution is 7.99. The van der Waals surface area contributed by atoms with Crippen molar-refractivity contribution in [2.24, 2.45) is 5.92 Å². The molecule has 0 radical (unpaired) electrons. The summed E-state index contributed by atoms with van der Waals surface area (Å²) in [5.41, 5.74) is 2.26. The van der Waals surface area contributed by atoms with Gasteiger partial charge in [-0.15, -0.1) is 11.8 Å². The monoisotopic (exact) mass is 461 g/mol. The van der Waals surface area contributed by atoms with Crippen LogP contribution in [0.2, 0.25) is 0 Å². The first-order valence-electron chi connectivity index (χ1n) is 11.0. The Morgan fingerprint density at radius 1 is 1.03 bits per heavy atom. The number of hydrogen-bond acceptors (Lipinski definition) is 8. The van der Waals surface area contributed by atoms with Crippen molar-refractivity contribution in [2.75, 3.05) is 27.1 Å². The number of amides is 1. The number of benzene rings is 1. The first-order valence-corrected chi connectivity index (χ1v) is 12.1. The molecule has 32 heavy (non-hydrogen) atoms. The zero-order valence-corrected chi connectivity index (χ0v) is 19.8. The average molecular weight is 462 g/mol. The Kier molecular flexibility index (Phi) is 6.85. The molecule has 1 aromatic carbocycles. The Morgan fingerprint density at radius 3 is 2.38 bits per heavy atom. The van der Waals surface area contributed by atoms with Crippen LogP contribution in [0.15, 0.2) is 23.4 Å². The van der Waals surface area contributed by atoms with Crippen LogP contribution in [0.5, 0.6) is 17.2 Å². The van der Waals surface area contributed by atoms with Crippen LogP contribution < -0.4 is 30.2 Å². The Morgan fingerprint density at radius 2 is 1.75 bits per heavy atom. The number of allylic oxidation sites excluding steroid dienone is 2. The lowest BCUT2D eigenvalue weighted by Gasteiger charge is -2.47. The van der Waals surface area contributed by atoms with Crippen LogP contribution in [-0.4, -0.2) is 50.4 Å². The molecule has 1 aromatic rings. The summed E-state index contributed by atoms with van der Waals surface area (Å²) in [7, 11) is 4.68. The molecule has 4 atom stereocenters. The van der Waals surface area contributed by atoms with E-state index >= 15 is 0 Å². The van der Waals surface area contributed by atoms with Crippen molar-refractivity contribution in [1.29, 1.82) is 0 Å². The van der Waals surface area contributed by atoms with Gasteiger partial charge < -0.3 is 24.8 Å². The Bertz CT molecular complexity index is 909. The quantitative estimate of drug-likeness (QED) is 0.570. The molecule has 1 fully saturated rings. The molecule has 3 N–H and O–H groups in total. The van der Waals surface area contributed by atoms with Gasteiger partial charge in [-0.25, -0.2) is 0 Å². The van der Waals surface area contributed by atoms with E-state index in [0.29, 0.717) is 29.2 Å². The third-order valence-electron chi connectivity index (χ3n) is 6.26. The minimum absolute atomic E-state index is 0.0708. The summed E-state index contributed by atoms with van der Waals surface area (Å²) in [6.45, 7) is 2.12. The van der Waals surface area contributed by atoms with Crippen LogP contribution in [0.3, 0.4) is 0 Å². The number of methoxy groups -OCH3 is 3. The van der Waals surface area contributed by atoms with E-state index in [4.69, 9.17) is 14.2 Å². The molecule has 2 aliphatic heterocycles. The second-order valence-corrected chi connectivity index (χ2v) is 9.39. The van der Waals surface area contributed by atoms with Crippen molar-refractivity contribution in [1.82, 2.24) is 16.0 Å². The predicted octanol–water partition coefficient (Wildman–Crippen LogP) is 2.49. The maximum Gasteiger partial charge on any atom is 0.229 e. The summed E-state index contributed by atoms with van der Waals surface area (Å²) in [5, 5.41) is 10.1. The molecule has 0 bridgehead atoms. The highest BCUT2D eigenvalue weighted by Crippen LogP contribution is 2.48. The lowest BCUT2D eigenvalue weighted by molar-refractivity contribution is -0.130. The first-order chi connectivity index (χ1) is 15.5. The molecule has 4 rings (SSSR count). The summed E-state index contributed by atoms with van der Waals surface area (Å²) in [4.78, 5) is 26.5. The van der Waals surface area contributed by atoms with Gasteiger partial charge in [0.2, 0.25) is 11.7 Å². The minimum atomic E-state index is -0.489. The van der Waals surface area contributed by atoms with E-state index in [1.807, 2.05) is 12.1 Å². The summed E-state index contributed by atoms with van der Waals surface area (Å²) in [6.07, 6.45) is 2.85. The van der Waals surface area contributed by atoms with Crippen LogP contribution in [0.1, 0.15) is 44.1 Å². The van der Waals surface area contributed by atoms with E-state index in [2.05, 4.69) is 22.9 Å². The molecule has 1 saturated heterocycles. The lowest BCUT2D eigenvalue weighted by atomic mass is 9.70. The largest absolute Gasteiger partial charge is 0.493 e. The zero-order chi connectivity index (χ0) is 22.8. The molecular formula is C23H31N3O5S. The number of fused-ring (bicyclic) bond motifs is 1. The molecule has 0 spiro atoms. The number of hydrogen-bond donors (Lipinski definition) is 3. The number of Topliss-reactive ketones (excluding diaryl/α,β-unsaturated/α-hetero) is 1. The fourth-order valence-electron chi connectivity index (χ4n) is 4.88. The van der Waals surface area contributed by atoms with Crippen molar-refractivity contribution >= 4 is 23.5 Å². The predicted molar refractivity (Wildman–Crippen MR) is 123 cm³/mol. The Hall–Kier alpha value is -2.39. The molecule has 174 valence electrons. The third kappa shape index (κ3) is 4.03. The minimum Gasteiger partial charge on any atom is -0.493 e. The van der Waals surface area contributed by atoms with Crippen LogP contribution in [0.4, 0.5) is 0 Å². The van der Waals surface area contributed by atoms with E-state index in [-0.39, 0.29) is 23.4 Å². The molecule has 0 aromatic heterocycles. The third-order valence-corrected chi connectivity index (χ3v) is 7.49. The first kappa shape index (κ1) is 22.8. The highest BCUT2D eigenvalue weighted by atomic mass is 32.2. The number of ketones is 1. The lowest BCUT2D eigenvalue weighted by Crippen LogP contribution is -2.67. The van der Waals surface area contributed by atoms with Gasteiger partial charge in [0.15, 0.2) is 17.3 Å². The topological polar surface area (TPSA) is 97.9 Å². The summed E-state index contributed by atoms with van der Waals surface area (Å²) < 4.78 is 16.6. The maximum atomic E-state index is 13.4. The van der Waals surface area contributed by atoms with Gasteiger partial charge in [-0.2, -0.15) is 0 Å². The van der Waals surface area contributed by atoms with E-state index in [0.717, 1.165) is 36.3 Å². The number of carbonyl (C=O) groups excluding carboxylic acids is 2.